The van der Waals surface area contributed by atoms with Gasteiger partial charge in [-0.15, -0.1) is 0 Å². The zero-order valence-corrected chi connectivity index (χ0v) is 16.8. The van der Waals surface area contributed by atoms with Gasteiger partial charge in [-0.05, 0) is 65.2 Å². The number of methoxy groups -OCH3 is 1. The Morgan fingerprint density at radius 3 is 2.50 bits per heavy atom. The zero-order chi connectivity index (χ0) is 19.5. The summed E-state index contributed by atoms with van der Waals surface area (Å²) < 4.78 is 16.1. The van der Waals surface area contributed by atoms with Crippen molar-refractivity contribution in [2.24, 2.45) is 5.73 Å². The largest absolute Gasteiger partial charge is 0.481 e. The molecule has 1 atom stereocenters. The first-order valence-electron chi connectivity index (χ1n) is 8.02. The van der Waals surface area contributed by atoms with Crippen LogP contribution in [0, 0.1) is 0 Å². The first-order valence-corrected chi connectivity index (χ1v) is 8.82. The molecule has 6 nitrogen and oxygen atoms in total. The molecule has 7 heteroatoms. The first kappa shape index (κ1) is 20.2. The average Bonchev–Trinajstić information content (AvgIpc) is 2.58. The molecule has 2 N–H and O–H groups in total. The number of hydrogen-bond acceptors (Lipinski definition) is 6. The van der Waals surface area contributed by atoms with Crippen LogP contribution in [0.1, 0.15) is 32.4 Å². The van der Waals surface area contributed by atoms with Gasteiger partial charge in [0.15, 0.2) is 6.61 Å². The van der Waals surface area contributed by atoms with Gasteiger partial charge in [0, 0.05) is 0 Å². The monoisotopic (exact) mass is 423 g/mol. The van der Waals surface area contributed by atoms with Crippen LogP contribution in [0.2, 0.25) is 0 Å². The van der Waals surface area contributed by atoms with Gasteiger partial charge in [0.05, 0.1) is 11.6 Å². The van der Waals surface area contributed by atoms with Crippen LogP contribution >= 0.6 is 15.9 Å². The molecule has 0 aromatic heterocycles. The second-order valence-electron chi connectivity index (χ2n) is 6.73. The van der Waals surface area contributed by atoms with E-state index in [1.54, 1.807) is 32.9 Å². The molecule has 26 heavy (non-hydrogen) atoms. The molecule has 0 heterocycles. The maximum absolute atomic E-state index is 12.2. The van der Waals surface area contributed by atoms with Crippen LogP contribution in [0.5, 0.6) is 5.75 Å². The van der Waals surface area contributed by atoms with E-state index >= 15 is 0 Å². The lowest BCUT2D eigenvalue weighted by atomic mass is 10.0. The highest BCUT2D eigenvalue weighted by Gasteiger charge is 2.23. The van der Waals surface area contributed by atoms with E-state index in [-0.39, 0.29) is 6.61 Å². The molecule has 0 fully saturated rings. The molecule has 1 unspecified atom stereocenters. The van der Waals surface area contributed by atoms with E-state index in [0.717, 1.165) is 10.8 Å². The SMILES string of the molecule is COC(=O)COc1ccc2cc(C(N)C(=O)OC(C)(C)C)ccc2c1Br. The quantitative estimate of drug-likeness (QED) is 0.740. The molecule has 2 aromatic carbocycles. The number of fused-ring (bicyclic) bond motifs is 1. The van der Waals surface area contributed by atoms with E-state index in [0.29, 0.717) is 15.8 Å². The molecular weight excluding hydrogens is 402 g/mol. The van der Waals surface area contributed by atoms with Crippen LogP contribution in [0.25, 0.3) is 10.8 Å². The number of halogens is 1. The number of carbonyl (C=O) groups is 2. The molecule has 0 aliphatic rings. The first-order chi connectivity index (χ1) is 12.1. The van der Waals surface area contributed by atoms with Gasteiger partial charge in [0.25, 0.3) is 0 Å². The van der Waals surface area contributed by atoms with Crippen LogP contribution in [0.15, 0.2) is 34.8 Å². The van der Waals surface area contributed by atoms with E-state index in [2.05, 4.69) is 20.7 Å². The highest BCUT2D eigenvalue weighted by molar-refractivity contribution is 9.10. The summed E-state index contributed by atoms with van der Waals surface area (Å²) in [5, 5.41) is 1.74. The molecular formula is C19H22BrNO5. The minimum Gasteiger partial charge on any atom is -0.481 e. The van der Waals surface area contributed by atoms with Crippen LogP contribution in [0.4, 0.5) is 0 Å². The van der Waals surface area contributed by atoms with Gasteiger partial charge < -0.3 is 19.9 Å². The Morgan fingerprint density at radius 1 is 1.19 bits per heavy atom. The molecule has 0 saturated carbocycles. The Bertz CT molecular complexity index is 829. The topological polar surface area (TPSA) is 87.9 Å². The molecule has 0 aliphatic carbocycles. The van der Waals surface area contributed by atoms with Crippen LogP contribution in [-0.2, 0) is 19.1 Å². The van der Waals surface area contributed by atoms with E-state index in [9.17, 15) is 9.59 Å². The number of hydrogen-bond donors (Lipinski definition) is 1. The number of esters is 2. The smallest absolute Gasteiger partial charge is 0.343 e. The number of rotatable bonds is 5. The van der Waals surface area contributed by atoms with Gasteiger partial charge >= 0.3 is 11.9 Å². The molecule has 0 saturated heterocycles. The van der Waals surface area contributed by atoms with Crippen molar-refractivity contribution in [1.29, 1.82) is 0 Å². The molecule has 2 rings (SSSR count). The average molecular weight is 424 g/mol. The van der Waals surface area contributed by atoms with Crippen LogP contribution in [0.3, 0.4) is 0 Å². The fourth-order valence-electron chi connectivity index (χ4n) is 2.29. The highest BCUT2D eigenvalue weighted by atomic mass is 79.9. The van der Waals surface area contributed by atoms with Crippen molar-refractivity contribution in [3.05, 3.63) is 40.4 Å². The zero-order valence-electron chi connectivity index (χ0n) is 15.2. The summed E-state index contributed by atoms with van der Waals surface area (Å²) in [7, 11) is 1.30. The maximum atomic E-state index is 12.2. The summed E-state index contributed by atoms with van der Waals surface area (Å²) in [4.78, 5) is 23.4. The summed E-state index contributed by atoms with van der Waals surface area (Å²) in [6.07, 6.45) is 0. The van der Waals surface area contributed by atoms with E-state index in [1.807, 2.05) is 18.2 Å². The van der Waals surface area contributed by atoms with Crippen molar-refractivity contribution in [3.8, 4) is 5.75 Å². The molecule has 0 bridgehead atoms. The van der Waals surface area contributed by atoms with E-state index in [4.69, 9.17) is 15.2 Å². The van der Waals surface area contributed by atoms with Crippen molar-refractivity contribution in [2.45, 2.75) is 32.4 Å². The van der Waals surface area contributed by atoms with Crippen molar-refractivity contribution in [2.75, 3.05) is 13.7 Å². The Hall–Kier alpha value is -2.12. The van der Waals surface area contributed by atoms with Crippen molar-refractivity contribution in [1.82, 2.24) is 0 Å². The van der Waals surface area contributed by atoms with E-state index in [1.165, 1.54) is 7.11 Å². The second kappa shape index (κ2) is 8.05. The predicted molar refractivity (Wildman–Crippen MR) is 102 cm³/mol. The lowest BCUT2D eigenvalue weighted by molar-refractivity contribution is -0.156. The molecule has 2 aromatic rings. The summed E-state index contributed by atoms with van der Waals surface area (Å²) >= 11 is 3.48. The number of ether oxygens (including phenoxy) is 3. The maximum Gasteiger partial charge on any atom is 0.343 e. The molecule has 140 valence electrons. The predicted octanol–water partition coefficient (Wildman–Crippen LogP) is 3.50. The summed E-state index contributed by atoms with van der Waals surface area (Å²) in [5.41, 5.74) is 6.10. The van der Waals surface area contributed by atoms with Gasteiger partial charge in [0.1, 0.15) is 17.4 Å². The minimum atomic E-state index is -0.868. The third kappa shape index (κ3) is 4.95. The molecule has 0 amide bonds. The lowest BCUT2D eigenvalue weighted by Gasteiger charge is -2.22. The summed E-state index contributed by atoms with van der Waals surface area (Å²) in [5.74, 6) is -0.420. The Morgan fingerprint density at radius 2 is 1.88 bits per heavy atom. The molecule has 0 aliphatic heterocycles. The van der Waals surface area contributed by atoms with Gasteiger partial charge in [-0.25, -0.2) is 9.59 Å². The van der Waals surface area contributed by atoms with Gasteiger partial charge in [-0.2, -0.15) is 0 Å². The molecule has 0 spiro atoms. The van der Waals surface area contributed by atoms with Crippen molar-refractivity contribution in [3.63, 3.8) is 0 Å². The Labute approximate surface area is 160 Å². The molecule has 0 radical (unpaired) electrons. The third-order valence-electron chi connectivity index (χ3n) is 3.54. The lowest BCUT2D eigenvalue weighted by Crippen LogP contribution is -2.31. The minimum absolute atomic E-state index is 0.178. The fourth-order valence-corrected chi connectivity index (χ4v) is 2.90. The second-order valence-corrected chi connectivity index (χ2v) is 7.53. The van der Waals surface area contributed by atoms with Crippen molar-refractivity contribution >= 4 is 38.6 Å². The summed E-state index contributed by atoms with van der Waals surface area (Å²) in [6, 6.07) is 8.14. The number of carbonyl (C=O) groups excluding carboxylic acids is 2. The van der Waals surface area contributed by atoms with Gasteiger partial charge in [-0.1, -0.05) is 18.2 Å². The number of benzene rings is 2. The van der Waals surface area contributed by atoms with Crippen molar-refractivity contribution < 1.29 is 23.8 Å². The standard InChI is InChI=1S/C19H22BrNO5/c1-19(2,3)26-18(23)17(21)12-5-7-13-11(9-12)6-8-14(16(13)20)25-10-15(22)24-4/h5-9,17H,10,21H2,1-4H3. The van der Waals surface area contributed by atoms with Crippen LogP contribution < -0.4 is 10.5 Å². The fraction of sp³-hybridized carbons (Fsp3) is 0.368. The Balaban J connectivity index is 2.26. The summed E-state index contributed by atoms with van der Waals surface area (Å²) in [6.45, 7) is 5.21. The van der Waals surface area contributed by atoms with E-state index < -0.39 is 23.6 Å². The normalized spacial score (nSPS) is 12.5. The van der Waals surface area contributed by atoms with Gasteiger partial charge in [-0.3, -0.25) is 0 Å². The van der Waals surface area contributed by atoms with Crippen LogP contribution in [-0.4, -0.2) is 31.3 Å². The van der Waals surface area contributed by atoms with Gasteiger partial charge in [0.2, 0.25) is 0 Å². The number of nitrogens with two attached hydrogens (primary N) is 1. The third-order valence-corrected chi connectivity index (χ3v) is 4.35. The Kier molecular flexibility index (Phi) is 6.26. The highest BCUT2D eigenvalue weighted by Crippen LogP contribution is 2.34.